The summed E-state index contributed by atoms with van der Waals surface area (Å²) >= 11 is 0. The van der Waals surface area contributed by atoms with Crippen molar-refractivity contribution >= 4 is 15.7 Å². The van der Waals surface area contributed by atoms with Crippen molar-refractivity contribution in [3.63, 3.8) is 0 Å². The van der Waals surface area contributed by atoms with Gasteiger partial charge in [0, 0.05) is 25.8 Å². The molecule has 1 aliphatic heterocycles. The maximum atomic E-state index is 12.3. The standard InChI is InChI=1S/C11H16N2O4S/c1-12-8-3-2-4-9(5-8)18(16,17)13-6-10(14)11(15)7-13/h2-5,10-12,14-15H,6-7H2,1H3. The number of anilines is 1. The van der Waals surface area contributed by atoms with Crippen molar-refractivity contribution in [3.8, 4) is 0 Å². The Hall–Kier alpha value is -1.15. The molecule has 0 bridgehead atoms. The van der Waals surface area contributed by atoms with Crippen molar-refractivity contribution in [1.82, 2.24) is 4.31 Å². The fraction of sp³-hybridized carbons (Fsp3) is 0.455. The Morgan fingerprint density at radius 3 is 2.44 bits per heavy atom. The molecular weight excluding hydrogens is 256 g/mol. The van der Waals surface area contributed by atoms with E-state index < -0.39 is 22.2 Å². The van der Waals surface area contributed by atoms with Gasteiger partial charge in [-0.25, -0.2) is 8.42 Å². The first kappa shape index (κ1) is 13.3. The van der Waals surface area contributed by atoms with Crippen LogP contribution in [0.25, 0.3) is 0 Å². The van der Waals surface area contributed by atoms with E-state index in [1.165, 1.54) is 12.1 Å². The zero-order valence-corrected chi connectivity index (χ0v) is 10.8. The molecule has 0 amide bonds. The summed E-state index contributed by atoms with van der Waals surface area (Å²) in [4.78, 5) is 0.149. The lowest BCUT2D eigenvalue weighted by molar-refractivity contribution is 0.0572. The molecule has 1 aromatic rings. The molecular formula is C11H16N2O4S. The number of sulfonamides is 1. The fourth-order valence-corrected chi connectivity index (χ4v) is 3.42. The van der Waals surface area contributed by atoms with E-state index in [4.69, 9.17) is 0 Å². The molecule has 0 aromatic heterocycles. The van der Waals surface area contributed by atoms with Gasteiger partial charge in [0.15, 0.2) is 0 Å². The van der Waals surface area contributed by atoms with Gasteiger partial charge in [-0.3, -0.25) is 0 Å². The molecule has 1 heterocycles. The molecule has 3 N–H and O–H groups in total. The number of nitrogens with one attached hydrogen (secondary N) is 1. The Balaban J connectivity index is 2.31. The number of nitrogens with zero attached hydrogens (tertiary/aromatic N) is 1. The van der Waals surface area contributed by atoms with Crippen molar-refractivity contribution in [2.24, 2.45) is 0 Å². The Kier molecular flexibility index (Phi) is 3.58. The van der Waals surface area contributed by atoms with Crippen LogP contribution in [0.4, 0.5) is 5.69 Å². The van der Waals surface area contributed by atoms with Gasteiger partial charge in [-0.2, -0.15) is 4.31 Å². The predicted molar refractivity (Wildman–Crippen MR) is 66.8 cm³/mol. The quantitative estimate of drug-likeness (QED) is 0.687. The zero-order valence-electron chi connectivity index (χ0n) is 9.94. The molecule has 6 nitrogen and oxygen atoms in total. The number of hydrogen-bond acceptors (Lipinski definition) is 5. The monoisotopic (exact) mass is 272 g/mol. The lowest BCUT2D eigenvalue weighted by atomic mass is 10.3. The summed E-state index contributed by atoms with van der Waals surface area (Å²) in [6.07, 6.45) is -2.04. The van der Waals surface area contributed by atoms with Crippen LogP contribution in [-0.2, 0) is 10.0 Å². The zero-order chi connectivity index (χ0) is 13.3. The minimum atomic E-state index is -3.66. The van der Waals surface area contributed by atoms with Gasteiger partial charge in [0.1, 0.15) is 0 Å². The van der Waals surface area contributed by atoms with Crippen molar-refractivity contribution < 1.29 is 18.6 Å². The second-order valence-electron chi connectivity index (χ2n) is 4.23. The first-order valence-corrected chi connectivity index (χ1v) is 7.03. The Bertz CT molecular complexity index is 522. The van der Waals surface area contributed by atoms with Gasteiger partial charge in [-0.15, -0.1) is 0 Å². The van der Waals surface area contributed by atoms with Crippen LogP contribution in [0, 0.1) is 0 Å². The topological polar surface area (TPSA) is 89.9 Å². The largest absolute Gasteiger partial charge is 0.389 e. The lowest BCUT2D eigenvalue weighted by Crippen LogP contribution is -2.30. The maximum Gasteiger partial charge on any atom is 0.243 e. The van der Waals surface area contributed by atoms with Crippen LogP contribution in [0.3, 0.4) is 0 Å². The van der Waals surface area contributed by atoms with Crippen molar-refractivity contribution in [1.29, 1.82) is 0 Å². The number of benzene rings is 1. The third-order valence-corrected chi connectivity index (χ3v) is 4.81. The molecule has 7 heteroatoms. The summed E-state index contributed by atoms with van der Waals surface area (Å²) in [5.41, 5.74) is 0.691. The summed E-state index contributed by atoms with van der Waals surface area (Å²) in [5, 5.41) is 21.7. The Labute approximate surface area is 106 Å². The highest BCUT2D eigenvalue weighted by Crippen LogP contribution is 2.23. The number of β-amino-alcohol motifs (C(OH)–C–C–N with tert-alkyl or cyclic N) is 2. The van der Waals surface area contributed by atoms with Gasteiger partial charge in [0.25, 0.3) is 0 Å². The highest BCUT2D eigenvalue weighted by Gasteiger charge is 2.37. The molecule has 0 radical (unpaired) electrons. The summed E-state index contributed by atoms with van der Waals surface area (Å²) in [6.45, 7) is -0.152. The third-order valence-electron chi connectivity index (χ3n) is 2.99. The molecule has 2 unspecified atom stereocenters. The second-order valence-corrected chi connectivity index (χ2v) is 6.17. The van der Waals surface area contributed by atoms with Crippen LogP contribution in [0.15, 0.2) is 29.2 Å². The highest BCUT2D eigenvalue weighted by molar-refractivity contribution is 7.89. The Morgan fingerprint density at radius 1 is 1.28 bits per heavy atom. The van der Waals surface area contributed by atoms with Crippen LogP contribution in [0.1, 0.15) is 0 Å². The second kappa shape index (κ2) is 4.85. The van der Waals surface area contributed by atoms with Crippen LogP contribution >= 0.6 is 0 Å². The predicted octanol–water partition coefficient (Wildman–Crippen LogP) is -0.546. The number of hydrogen-bond donors (Lipinski definition) is 3. The van der Waals surface area contributed by atoms with Gasteiger partial charge < -0.3 is 15.5 Å². The van der Waals surface area contributed by atoms with Gasteiger partial charge in [0.05, 0.1) is 17.1 Å². The summed E-state index contributed by atoms with van der Waals surface area (Å²) in [5.74, 6) is 0. The molecule has 0 spiro atoms. The van der Waals surface area contributed by atoms with Crippen LogP contribution < -0.4 is 5.32 Å². The van der Waals surface area contributed by atoms with Gasteiger partial charge >= 0.3 is 0 Å². The van der Waals surface area contributed by atoms with E-state index in [2.05, 4.69) is 5.32 Å². The summed E-state index contributed by atoms with van der Waals surface area (Å²) in [7, 11) is -1.96. The van der Waals surface area contributed by atoms with Crippen molar-refractivity contribution in [2.75, 3.05) is 25.5 Å². The number of aliphatic hydroxyl groups excluding tert-OH is 2. The van der Waals surface area contributed by atoms with Crippen molar-refractivity contribution in [3.05, 3.63) is 24.3 Å². The highest BCUT2D eigenvalue weighted by atomic mass is 32.2. The first-order chi connectivity index (χ1) is 8.45. The SMILES string of the molecule is CNc1cccc(S(=O)(=O)N2CC(O)C(O)C2)c1. The molecule has 1 saturated heterocycles. The van der Waals surface area contributed by atoms with E-state index in [1.54, 1.807) is 19.2 Å². The maximum absolute atomic E-state index is 12.3. The van der Waals surface area contributed by atoms with Crippen LogP contribution in [0.2, 0.25) is 0 Å². The van der Waals surface area contributed by atoms with E-state index in [1.807, 2.05) is 0 Å². The first-order valence-electron chi connectivity index (χ1n) is 5.59. The summed E-state index contributed by atoms with van der Waals surface area (Å²) < 4.78 is 25.6. The van der Waals surface area contributed by atoms with E-state index in [0.29, 0.717) is 5.69 Å². The number of rotatable bonds is 3. The minimum absolute atomic E-state index is 0.0761. The molecule has 1 aromatic carbocycles. The van der Waals surface area contributed by atoms with E-state index in [-0.39, 0.29) is 18.0 Å². The molecule has 18 heavy (non-hydrogen) atoms. The molecule has 1 fully saturated rings. The Morgan fingerprint density at radius 2 is 1.89 bits per heavy atom. The summed E-state index contributed by atoms with van der Waals surface area (Å²) in [6, 6.07) is 6.41. The normalized spacial score (nSPS) is 25.3. The lowest BCUT2D eigenvalue weighted by Gasteiger charge is -2.16. The fourth-order valence-electron chi connectivity index (χ4n) is 1.89. The molecule has 2 atom stereocenters. The average molecular weight is 272 g/mol. The van der Waals surface area contributed by atoms with Crippen LogP contribution in [0.5, 0.6) is 0 Å². The van der Waals surface area contributed by atoms with E-state index in [9.17, 15) is 18.6 Å². The van der Waals surface area contributed by atoms with Crippen molar-refractivity contribution in [2.45, 2.75) is 17.1 Å². The smallest absolute Gasteiger partial charge is 0.243 e. The molecule has 1 aliphatic rings. The molecule has 0 saturated carbocycles. The van der Waals surface area contributed by atoms with Gasteiger partial charge in [-0.1, -0.05) is 6.07 Å². The van der Waals surface area contributed by atoms with Gasteiger partial charge in [0.2, 0.25) is 10.0 Å². The molecule has 100 valence electrons. The van der Waals surface area contributed by atoms with Crippen LogP contribution in [-0.4, -0.2) is 55.3 Å². The minimum Gasteiger partial charge on any atom is -0.389 e. The average Bonchev–Trinajstić information content (AvgIpc) is 2.70. The third kappa shape index (κ3) is 2.35. The van der Waals surface area contributed by atoms with E-state index >= 15 is 0 Å². The number of aliphatic hydroxyl groups is 2. The van der Waals surface area contributed by atoms with Gasteiger partial charge in [-0.05, 0) is 18.2 Å². The molecule has 2 rings (SSSR count). The van der Waals surface area contributed by atoms with E-state index in [0.717, 1.165) is 4.31 Å². The molecule has 0 aliphatic carbocycles.